The molecular weight excluding hydrogens is 266 g/mol. The van der Waals surface area contributed by atoms with Crippen molar-refractivity contribution in [3.05, 3.63) is 48.2 Å². The van der Waals surface area contributed by atoms with Gasteiger partial charge in [0.1, 0.15) is 11.6 Å². The molecule has 0 spiro atoms. The van der Waals surface area contributed by atoms with Crippen LogP contribution in [-0.2, 0) is 0 Å². The van der Waals surface area contributed by atoms with E-state index in [1.165, 1.54) is 0 Å². The first-order valence-electron chi connectivity index (χ1n) is 6.79. The number of nitrogens with one attached hydrogen (secondary N) is 1. The van der Waals surface area contributed by atoms with E-state index in [2.05, 4.69) is 10.3 Å². The molecule has 0 aliphatic rings. The molecule has 0 aliphatic carbocycles. The number of para-hydroxylation sites is 2. The molecule has 1 heterocycles. The number of benzene rings is 1. The molecule has 2 rings (SSSR count). The molecule has 110 valence electrons. The highest BCUT2D eigenvalue weighted by Gasteiger charge is 2.15. The molecule has 1 aromatic heterocycles. The summed E-state index contributed by atoms with van der Waals surface area (Å²) >= 11 is 0. The number of ether oxygens (including phenoxy) is 1. The second-order valence-electron chi connectivity index (χ2n) is 4.65. The number of aromatic nitrogens is 1. The number of carbonyl (C=O) groups is 1. The lowest BCUT2D eigenvalue weighted by Gasteiger charge is -2.16. The molecule has 0 atom stereocenters. The molecule has 5 nitrogen and oxygen atoms in total. The number of amides is 1. The molecule has 5 heteroatoms. The van der Waals surface area contributed by atoms with Crippen LogP contribution < -0.4 is 15.0 Å². The summed E-state index contributed by atoms with van der Waals surface area (Å²) in [5.74, 6) is 1.08. The molecule has 0 saturated heterocycles. The van der Waals surface area contributed by atoms with Crippen molar-refractivity contribution >= 4 is 17.4 Å². The number of hydrogen-bond donors (Lipinski definition) is 1. The summed E-state index contributed by atoms with van der Waals surface area (Å²) in [6, 6.07) is 10.9. The summed E-state index contributed by atoms with van der Waals surface area (Å²) in [4.78, 5) is 18.5. The van der Waals surface area contributed by atoms with Gasteiger partial charge in [0, 0.05) is 20.3 Å². The van der Waals surface area contributed by atoms with Gasteiger partial charge in [-0.05, 0) is 31.2 Å². The van der Waals surface area contributed by atoms with Crippen LogP contribution >= 0.6 is 0 Å². The third kappa shape index (κ3) is 3.51. The van der Waals surface area contributed by atoms with Crippen LogP contribution in [0.5, 0.6) is 5.75 Å². The molecule has 0 unspecified atom stereocenters. The summed E-state index contributed by atoms with van der Waals surface area (Å²) < 4.78 is 5.51. The van der Waals surface area contributed by atoms with Crippen LogP contribution in [0.3, 0.4) is 0 Å². The first-order valence-corrected chi connectivity index (χ1v) is 6.79. The first kappa shape index (κ1) is 14.8. The summed E-state index contributed by atoms with van der Waals surface area (Å²) in [6.07, 6.45) is 1.67. The standard InChI is InChI=1S/C16H19N3O2/c1-4-21-14-10-6-5-9-13(14)18-16(20)12-8-7-11-17-15(12)19(2)3/h5-11H,4H2,1-3H3,(H,18,20). The van der Waals surface area contributed by atoms with Crippen molar-refractivity contribution < 1.29 is 9.53 Å². The van der Waals surface area contributed by atoms with E-state index in [0.29, 0.717) is 29.4 Å². The molecule has 0 saturated carbocycles. The minimum atomic E-state index is -0.209. The predicted molar refractivity (Wildman–Crippen MR) is 84.1 cm³/mol. The SMILES string of the molecule is CCOc1ccccc1NC(=O)c1cccnc1N(C)C. The van der Waals surface area contributed by atoms with Crippen molar-refractivity contribution in [1.82, 2.24) is 4.98 Å². The number of pyridine rings is 1. The van der Waals surface area contributed by atoms with Gasteiger partial charge in [0.2, 0.25) is 0 Å². The smallest absolute Gasteiger partial charge is 0.259 e. The Morgan fingerprint density at radius 1 is 1.24 bits per heavy atom. The third-order valence-electron chi connectivity index (χ3n) is 2.89. The largest absolute Gasteiger partial charge is 0.492 e. The fourth-order valence-electron chi connectivity index (χ4n) is 1.97. The molecule has 2 aromatic rings. The third-order valence-corrected chi connectivity index (χ3v) is 2.89. The van der Waals surface area contributed by atoms with E-state index in [1.54, 1.807) is 18.3 Å². The maximum Gasteiger partial charge on any atom is 0.259 e. The van der Waals surface area contributed by atoms with Crippen LogP contribution in [0.2, 0.25) is 0 Å². The second kappa shape index (κ2) is 6.74. The van der Waals surface area contributed by atoms with Gasteiger partial charge in [-0.3, -0.25) is 4.79 Å². The molecule has 0 fully saturated rings. The number of nitrogens with zero attached hydrogens (tertiary/aromatic N) is 2. The van der Waals surface area contributed by atoms with Crippen LogP contribution in [0.25, 0.3) is 0 Å². The van der Waals surface area contributed by atoms with Gasteiger partial charge in [-0.25, -0.2) is 4.98 Å². The van der Waals surface area contributed by atoms with Gasteiger partial charge >= 0.3 is 0 Å². The molecule has 1 N–H and O–H groups in total. The monoisotopic (exact) mass is 285 g/mol. The Kier molecular flexibility index (Phi) is 4.77. The van der Waals surface area contributed by atoms with E-state index < -0.39 is 0 Å². The Morgan fingerprint density at radius 2 is 2.00 bits per heavy atom. The lowest BCUT2D eigenvalue weighted by Crippen LogP contribution is -2.20. The molecular formula is C16H19N3O2. The highest BCUT2D eigenvalue weighted by molar-refractivity contribution is 6.08. The van der Waals surface area contributed by atoms with E-state index in [4.69, 9.17) is 4.74 Å². The average Bonchev–Trinajstić information content (AvgIpc) is 2.49. The summed E-state index contributed by atoms with van der Waals surface area (Å²) in [7, 11) is 3.71. The summed E-state index contributed by atoms with van der Waals surface area (Å²) in [5.41, 5.74) is 1.17. The van der Waals surface area contributed by atoms with Gasteiger partial charge in [0.25, 0.3) is 5.91 Å². The summed E-state index contributed by atoms with van der Waals surface area (Å²) in [5, 5.41) is 2.88. The van der Waals surface area contributed by atoms with Gasteiger partial charge in [0.15, 0.2) is 0 Å². The number of hydrogen-bond acceptors (Lipinski definition) is 4. The van der Waals surface area contributed by atoms with Gasteiger partial charge < -0.3 is 15.0 Å². The van der Waals surface area contributed by atoms with Crippen molar-refractivity contribution in [3.8, 4) is 5.75 Å². The van der Waals surface area contributed by atoms with Crippen molar-refractivity contribution in [2.45, 2.75) is 6.92 Å². The zero-order valence-electron chi connectivity index (χ0n) is 12.5. The van der Waals surface area contributed by atoms with Crippen LogP contribution in [0.1, 0.15) is 17.3 Å². The van der Waals surface area contributed by atoms with Gasteiger partial charge in [-0.2, -0.15) is 0 Å². The molecule has 1 aromatic carbocycles. The molecule has 1 amide bonds. The number of carbonyl (C=O) groups excluding carboxylic acids is 1. The van der Waals surface area contributed by atoms with E-state index >= 15 is 0 Å². The van der Waals surface area contributed by atoms with Crippen molar-refractivity contribution in [2.24, 2.45) is 0 Å². The van der Waals surface area contributed by atoms with Crippen molar-refractivity contribution in [3.63, 3.8) is 0 Å². The van der Waals surface area contributed by atoms with Crippen molar-refractivity contribution in [1.29, 1.82) is 0 Å². The Morgan fingerprint density at radius 3 is 2.71 bits per heavy atom. The maximum atomic E-state index is 12.5. The lowest BCUT2D eigenvalue weighted by atomic mass is 10.2. The number of anilines is 2. The minimum Gasteiger partial charge on any atom is -0.492 e. The topological polar surface area (TPSA) is 54.5 Å². The van der Waals surface area contributed by atoms with E-state index in [9.17, 15) is 4.79 Å². The molecule has 21 heavy (non-hydrogen) atoms. The Balaban J connectivity index is 2.27. The van der Waals surface area contributed by atoms with Gasteiger partial charge in [-0.1, -0.05) is 12.1 Å². The Bertz CT molecular complexity index is 626. The average molecular weight is 285 g/mol. The molecule has 0 bridgehead atoms. The fourth-order valence-corrected chi connectivity index (χ4v) is 1.97. The second-order valence-corrected chi connectivity index (χ2v) is 4.65. The van der Waals surface area contributed by atoms with Crippen LogP contribution in [0.15, 0.2) is 42.6 Å². The van der Waals surface area contributed by atoms with Gasteiger partial charge in [-0.15, -0.1) is 0 Å². The zero-order chi connectivity index (χ0) is 15.2. The predicted octanol–water partition coefficient (Wildman–Crippen LogP) is 2.80. The zero-order valence-corrected chi connectivity index (χ0v) is 12.5. The Hall–Kier alpha value is -2.56. The summed E-state index contributed by atoms with van der Waals surface area (Å²) in [6.45, 7) is 2.45. The Labute approximate surface area is 124 Å². The lowest BCUT2D eigenvalue weighted by molar-refractivity contribution is 0.102. The van der Waals surface area contributed by atoms with Crippen LogP contribution in [-0.4, -0.2) is 31.6 Å². The van der Waals surface area contributed by atoms with Crippen LogP contribution in [0.4, 0.5) is 11.5 Å². The number of rotatable bonds is 5. The highest BCUT2D eigenvalue weighted by atomic mass is 16.5. The normalized spacial score (nSPS) is 10.0. The first-order chi connectivity index (χ1) is 10.1. The molecule has 0 aliphatic heterocycles. The highest BCUT2D eigenvalue weighted by Crippen LogP contribution is 2.25. The quantitative estimate of drug-likeness (QED) is 0.917. The van der Waals surface area contributed by atoms with Crippen LogP contribution in [0, 0.1) is 0 Å². The fraction of sp³-hybridized carbons (Fsp3) is 0.250. The van der Waals surface area contributed by atoms with E-state index in [-0.39, 0.29) is 5.91 Å². The van der Waals surface area contributed by atoms with E-state index in [1.807, 2.05) is 50.2 Å². The molecule has 0 radical (unpaired) electrons. The van der Waals surface area contributed by atoms with Crippen molar-refractivity contribution in [2.75, 3.05) is 30.9 Å². The van der Waals surface area contributed by atoms with E-state index in [0.717, 1.165) is 0 Å². The minimum absolute atomic E-state index is 0.209. The maximum absolute atomic E-state index is 12.5. The van der Waals surface area contributed by atoms with Gasteiger partial charge in [0.05, 0.1) is 17.9 Å².